The summed E-state index contributed by atoms with van der Waals surface area (Å²) in [5.74, 6) is 1.01. The Labute approximate surface area is 110 Å². The topological polar surface area (TPSA) is 9.23 Å². The lowest BCUT2D eigenvalue weighted by atomic mass is 9.70. The predicted molar refractivity (Wildman–Crippen MR) is 76.1 cm³/mol. The molecule has 3 rings (SSSR count). The van der Waals surface area contributed by atoms with Gasteiger partial charge in [0.15, 0.2) is 0 Å². The van der Waals surface area contributed by atoms with Crippen LogP contribution in [0.5, 0.6) is 5.75 Å². The van der Waals surface area contributed by atoms with Crippen LogP contribution in [0.2, 0.25) is 0 Å². The van der Waals surface area contributed by atoms with Crippen LogP contribution in [0.4, 0.5) is 0 Å². The second-order valence-electron chi connectivity index (χ2n) is 5.99. The van der Waals surface area contributed by atoms with E-state index in [-0.39, 0.29) is 0 Å². The normalized spacial score (nSPS) is 21.1. The highest BCUT2D eigenvalue weighted by Gasteiger charge is 2.42. The van der Waals surface area contributed by atoms with E-state index in [1.165, 1.54) is 54.4 Å². The summed E-state index contributed by atoms with van der Waals surface area (Å²) in [5.41, 5.74) is 6.00. The van der Waals surface area contributed by atoms with Gasteiger partial charge >= 0.3 is 0 Å². The number of aryl methyl sites for hydroxylation is 1. The molecule has 1 fully saturated rings. The van der Waals surface area contributed by atoms with Crippen molar-refractivity contribution in [1.82, 2.24) is 0 Å². The van der Waals surface area contributed by atoms with Gasteiger partial charge in [0.05, 0.1) is 7.11 Å². The Bertz CT molecular complexity index is 493. The summed E-state index contributed by atoms with van der Waals surface area (Å²) in [5, 5.41) is 0. The number of hydrogen-bond acceptors (Lipinski definition) is 1. The van der Waals surface area contributed by atoms with Gasteiger partial charge in [0, 0.05) is 5.41 Å². The standard InChI is InChI=1S/C17H22O/c1-12-9-14(18-3)10-15-16(12)13(2)11-17(15)7-5-4-6-8-17/h9-10H,2,4-8,11H2,1,3H3. The van der Waals surface area contributed by atoms with Gasteiger partial charge in [0.2, 0.25) is 0 Å². The summed E-state index contributed by atoms with van der Waals surface area (Å²) in [6.07, 6.45) is 7.94. The molecule has 1 aromatic rings. The van der Waals surface area contributed by atoms with Gasteiger partial charge in [-0.1, -0.05) is 25.8 Å². The highest BCUT2D eigenvalue weighted by Crippen LogP contribution is 2.54. The van der Waals surface area contributed by atoms with E-state index < -0.39 is 0 Å². The lowest BCUT2D eigenvalue weighted by Crippen LogP contribution is -2.25. The van der Waals surface area contributed by atoms with E-state index in [2.05, 4.69) is 25.6 Å². The Balaban J connectivity index is 2.16. The Kier molecular flexibility index (Phi) is 2.73. The average molecular weight is 242 g/mol. The third-order valence-corrected chi connectivity index (χ3v) is 4.83. The minimum Gasteiger partial charge on any atom is -0.497 e. The van der Waals surface area contributed by atoms with Crippen molar-refractivity contribution < 1.29 is 4.74 Å². The van der Waals surface area contributed by atoms with Gasteiger partial charge in [0.25, 0.3) is 0 Å². The van der Waals surface area contributed by atoms with Gasteiger partial charge in [-0.05, 0) is 60.6 Å². The molecule has 1 saturated carbocycles. The van der Waals surface area contributed by atoms with Crippen molar-refractivity contribution in [3.8, 4) is 5.75 Å². The summed E-state index contributed by atoms with van der Waals surface area (Å²) >= 11 is 0. The second-order valence-corrected chi connectivity index (χ2v) is 5.99. The summed E-state index contributed by atoms with van der Waals surface area (Å²) in [6, 6.07) is 4.41. The zero-order valence-corrected chi connectivity index (χ0v) is 11.5. The van der Waals surface area contributed by atoms with Crippen molar-refractivity contribution in [3.63, 3.8) is 0 Å². The van der Waals surface area contributed by atoms with E-state index in [0.29, 0.717) is 5.41 Å². The first-order valence-electron chi connectivity index (χ1n) is 7.03. The maximum atomic E-state index is 5.46. The molecule has 0 unspecified atom stereocenters. The van der Waals surface area contributed by atoms with Crippen molar-refractivity contribution in [2.45, 2.75) is 50.9 Å². The molecular weight excluding hydrogens is 220 g/mol. The lowest BCUT2D eigenvalue weighted by Gasteiger charge is -2.34. The minimum absolute atomic E-state index is 0.379. The molecule has 96 valence electrons. The van der Waals surface area contributed by atoms with Crippen LogP contribution in [0.1, 0.15) is 55.2 Å². The average Bonchev–Trinajstić information content (AvgIpc) is 2.63. The number of hydrogen-bond donors (Lipinski definition) is 0. The van der Waals surface area contributed by atoms with Gasteiger partial charge in [-0.2, -0.15) is 0 Å². The highest BCUT2D eigenvalue weighted by atomic mass is 16.5. The molecule has 0 atom stereocenters. The Morgan fingerprint density at radius 3 is 2.56 bits per heavy atom. The van der Waals surface area contributed by atoms with Crippen LogP contribution >= 0.6 is 0 Å². The van der Waals surface area contributed by atoms with Crippen LogP contribution in [0.15, 0.2) is 18.7 Å². The largest absolute Gasteiger partial charge is 0.497 e. The fraction of sp³-hybridized carbons (Fsp3) is 0.529. The van der Waals surface area contributed by atoms with Gasteiger partial charge in [0.1, 0.15) is 5.75 Å². The van der Waals surface area contributed by atoms with Crippen molar-refractivity contribution >= 4 is 5.57 Å². The summed E-state index contributed by atoms with van der Waals surface area (Å²) in [7, 11) is 1.76. The fourth-order valence-corrected chi connectivity index (χ4v) is 4.03. The zero-order valence-electron chi connectivity index (χ0n) is 11.5. The number of rotatable bonds is 1. The van der Waals surface area contributed by atoms with Crippen LogP contribution in [0.3, 0.4) is 0 Å². The summed E-state index contributed by atoms with van der Waals surface area (Å²) in [4.78, 5) is 0. The number of methoxy groups -OCH3 is 1. The molecule has 1 aromatic carbocycles. The van der Waals surface area contributed by atoms with E-state index in [4.69, 9.17) is 4.74 Å². The number of fused-ring (bicyclic) bond motifs is 2. The van der Waals surface area contributed by atoms with Crippen LogP contribution in [-0.4, -0.2) is 7.11 Å². The van der Waals surface area contributed by atoms with Crippen molar-refractivity contribution in [2.75, 3.05) is 7.11 Å². The summed E-state index contributed by atoms with van der Waals surface area (Å²) in [6.45, 7) is 6.51. The monoisotopic (exact) mass is 242 g/mol. The second kappa shape index (κ2) is 4.15. The first kappa shape index (κ1) is 11.8. The summed E-state index contributed by atoms with van der Waals surface area (Å²) < 4.78 is 5.46. The Morgan fingerprint density at radius 1 is 1.17 bits per heavy atom. The maximum absolute atomic E-state index is 5.46. The Morgan fingerprint density at radius 2 is 1.89 bits per heavy atom. The number of ether oxygens (including phenoxy) is 1. The molecule has 1 spiro atoms. The molecule has 0 aliphatic heterocycles. The van der Waals surface area contributed by atoms with E-state index >= 15 is 0 Å². The fourth-order valence-electron chi connectivity index (χ4n) is 4.03. The van der Waals surface area contributed by atoms with Crippen molar-refractivity contribution in [1.29, 1.82) is 0 Å². The van der Waals surface area contributed by atoms with E-state index in [1.54, 1.807) is 7.11 Å². The van der Waals surface area contributed by atoms with E-state index in [9.17, 15) is 0 Å². The molecule has 0 amide bonds. The van der Waals surface area contributed by atoms with Gasteiger partial charge in [-0.3, -0.25) is 0 Å². The van der Waals surface area contributed by atoms with E-state index in [0.717, 1.165) is 12.2 Å². The molecule has 0 saturated heterocycles. The quantitative estimate of drug-likeness (QED) is 0.698. The molecule has 2 aliphatic carbocycles. The van der Waals surface area contributed by atoms with Crippen LogP contribution < -0.4 is 4.74 Å². The lowest BCUT2D eigenvalue weighted by molar-refractivity contribution is 0.306. The molecular formula is C17H22O. The first-order valence-corrected chi connectivity index (χ1v) is 7.03. The zero-order chi connectivity index (χ0) is 12.8. The van der Waals surface area contributed by atoms with Crippen LogP contribution in [-0.2, 0) is 5.41 Å². The third kappa shape index (κ3) is 1.60. The molecule has 0 bridgehead atoms. The molecule has 18 heavy (non-hydrogen) atoms. The molecule has 0 heterocycles. The van der Waals surface area contributed by atoms with E-state index in [1.807, 2.05) is 0 Å². The number of allylic oxidation sites excluding steroid dienone is 1. The van der Waals surface area contributed by atoms with Gasteiger partial charge in [-0.25, -0.2) is 0 Å². The number of benzene rings is 1. The molecule has 0 N–H and O–H groups in total. The minimum atomic E-state index is 0.379. The predicted octanol–water partition coefficient (Wildman–Crippen LogP) is 4.62. The molecule has 0 radical (unpaired) electrons. The smallest absolute Gasteiger partial charge is 0.119 e. The SMILES string of the molecule is C=C1CC2(CCCCC2)c2cc(OC)cc(C)c21. The van der Waals surface area contributed by atoms with Gasteiger partial charge < -0.3 is 4.74 Å². The van der Waals surface area contributed by atoms with Gasteiger partial charge in [-0.15, -0.1) is 0 Å². The molecule has 1 heteroatoms. The van der Waals surface area contributed by atoms with Crippen molar-refractivity contribution in [3.05, 3.63) is 35.4 Å². The molecule has 1 nitrogen and oxygen atoms in total. The molecule has 2 aliphatic rings. The maximum Gasteiger partial charge on any atom is 0.119 e. The highest BCUT2D eigenvalue weighted by molar-refractivity contribution is 5.77. The van der Waals surface area contributed by atoms with Crippen LogP contribution in [0, 0.1) is 6.92 Å². The van der Waals surface area contributed by atoms with Crippen LogP contribution in [0.25, 0.3) is 5.57 Å². The first-order chi connectivity index (χ1) is 8.66. The van der Waals surface area contributed by atoms with Crippen molar-refractivity contribution in [2.24, 2.45) is 0 Å². The molecule has 0 aromatic heterocycles. The third-order valence-electron chi connectivity index (χ3n) is 4.83. The Hall–Kier alpha value is -1.24.